The highest BCUT2D eigenvalue weighted by atomic mass is 16.5. The van der Waals surface area contributed by atoms with Crippen LogP contribution in [-0.4, -0.2) is 53.3 Å². The third kappa shape index (κ3) is 4.41. The summed E-state index contributed by atoms with van der Waals surface area (Å²) < 4.78 is 21.6. The van der Waals surface area contributed by atoms with Gasteiger partial charge in [0.05, 0.1) is 51.6 Å². The van der Waals surface area contributed by atoms with E-state index in [-0.39, 0.29) is 23.5 Å². The number of benzene rings is 1. The van der Waals surface area contributed by atoms with Crippen LogP contribution in [0.3, 0.4) is 0 Å². The van der Waals surface area contributed by atoms with Crippen molar-refractivity contribution in [2.75, 3.05) is 26.6 Å². The summed E-state index contributed by atoms with van der Waals surface area (Å²) in [4.78, 5) is 24.7. The average Bonchev–Trinajstić information content (AvgIpc) is 3.45. The number of aliphatic hydroxyl groups excluding tert-OH is 1. The fraction of sp³-hybridized carbons (Fsp3) is 0.263. The average molecular weight is 416 g/mol. The first-order valence-corrected chi connectivity index (χ1v) is 8.74. The molecule has 3 aromatic rings. The molecule has 0 radical (unpaired) electrons. The number of anilines is 1. The van der Waals surface area contributed by atoms with Crippen molar-refractivity contribution in [2.24, 2.45) is 0 Å². The zero-order valence-corrected chi connectivity index (χ0v) is 16.5. The molecule has 0 aliphatic heterocycles. The number of nitrogens with one attached hydrogen (secondary N) is 1. The Hall–Kier alpha value is -3.86. The summed E-state index contributed by atoms with van der Waals surface area (Å²) in [6.45, 7) is 0.0392. The second kappa shape index (κ2) is 9.09. The monoisotopic (exact) mass is 416 g/mol. The Balaban J connectivity index is 1.80. The molecule has 1 amide bonds. The summed E-state index contributed by atoms with van der Waals surface area (Å²) >= 11 is 0. The summed E-state index contributed by atoms with van der Waals surface area (Å²) in [5, 5.41) is 20.3. The molecule has 2 aromatic heterocycles. The van der Waals surface area contributed by atoms with Crippen LogP contribution in [-0.2, 0) is 11.3 Å². The van der Waals surface area contributed by atoms with Crippen molar-refractivity contribution in [3.63, 3.8) is 0 Å². The lowest BCUT2D eigenvalue weighted by Gasteiger charge is -2.14. The quantitative estimate of drug-likeness (QED) is 0.525. The first-order valence-electron chi connectivity index (χ1n) is 8.74. The molecule has 0 spiro atoms. The van der Waals surface area contributed by atoms with E-state index in [2.05, 4.69) is 15.6 Å². The number of rotatable bonds is 8. The summed E-state index contributed by atoms with van der Waals surface area (Å²) in [6, 6.07) is 6.12. The highest BCUT2D eigenvalue weighted by Crippen LogP contribution is 2.34. The molecule has 0 saturated heterocycles. The number of carbonyl (C=O) groups is 2. The van der Waals surface area contributed by atoms with Crippen LogP contribution in [0, 0.1) is 0 Å². The van der Waals surface area contributed by atoms with Crippen LogP contribution in [0.25, 0.3) is 0 Å². The maximum atomic E-state index is 12.6. The van der Waals surface area contributed by atoms with Crippen LogP contribution in [0.15, 0.2) is 41.1 Å². The fourth-order valence-corrected chi connectivity index (χ4v) is 2.69. The molecule has 0 unspecified atom stereocenters. The molecule has 0 saturated carbocycles. The van der Waals surface area contributed by atoms with Gasteiger partial charge in [0.2, 0.25) is 0 Å². The molecule has 0 aliphatic carbocycles. The Labute approximate surface area is 171 Å². The summed E-state index contributed by atoms with van der Waals surface area (Å²) in [6.07, 6.45) is 1.86. The number of hydrogen-bond acceptors (Lipinski definition) is 9. The second-order valence-corrected chi connectivity index (χ2v) is 6.06. The number of amides is 1. The predicted molar refractivity (Wildman–Crippen MR) is 103 cm³/mol. The minimum atomic E-state index is -0.950. The Kier molecular flexibility index (Phi) is 6.32. The van der Waals surface area contributed by atoms with Gasteiger partial charge in [-0.3, -0.25) is 4.79 Å². The van der Waals surface area contributed by atoms with Gasteiger partial charge in [0, 0.05) is 12.1 Å². The zero-order valence-electron chi connectivity index (χ0n) is 16.5. The van der Waals surface area contributed by atoms with E-state index in [1.807, 2.05) is 0 Å². The summed E-state index contributed by atoms with van der Waals surface area (Å²) in [5.41, 5.74) is 0.200. The van der Waals surface area contributed by atoms with Crippen LogP contribution in [0.2, 0.25) is 0 Å². The van der Waals surface area contributed by atoms with Gasteiger partial charge in [-0.25, -0.2) is 9.48 Å². The van der Waals surface area contributed by atoms with Crippen molar-refractivity contribution >= 4 is 17.6 Å². The van der Waals surface area contributed by atoms with Crippen molar-refractivity contribution < 1.29 is 33.3 Å². The highest BCUT2D eigenvalue weighted by molar-refractivity contribution is 6.07. The van der Waals surface area contributed by atoms with Gasteiger partial charge in [-0.2, -0.15) is 0 Å². The lowest BCUT2D eigenvalue weighted by atomic mass is 10.1. The van der Waals surface area contributed by atoms with E-state index in [4.69, 9.17) is 18.6 Å². The Bertz CT molecular complexity index is 1030. The largest absolute Gasteiger partial charge is 0.493 e. The van der Waals surface area contributed by atoms with Crippen LogP contribution in [0.4, 0.5) is 5.69 Å². The maximum Gasteiger partial charge on any atom is 0.340 e. The molecule has 0 fully saturated rings. The molecule has 11 heteroatoms. The topological polar surface area (TPSA) is 138 Å². The van der Waals surface area contributed by atoms with Crippen molar-refractivity contribution in [3.8, 4) is 11.5 Å². The third-order valence-corrected chi connectivity index (χ3v) is 4.18. The second-order valence-electron chi connectivity index (χ2n) is 6.06. The van der Waals surface area contributed by atoms with Crippen molar-refractivity contribution in [1.82, 2.24) is 15.0 Å². The molecule has 2 N–H and O–H groups in total. The SMILES string of the molecule is COC(=O)c1cc(OC)c(OC)cc1NC(=O)c1cn(C[C@@H](O)c2ccco2)nn1. The van der Waals surface area contributed by atoms with Gasteiger partial charge in [0.15, 0.2) is 17.2 Å². The van der Waals surface area contributed by atoms with E-state index >= 15 is 0 Å². The van der Waals surface area contributed by atoms with Gasteiger partial charge in [0.1, 0.15) is 11.9 Å². The van der Waals surface area contributed by atoms with Crippen molar-refractivity contribution in [3.05, 3.63) is 53.7 Å². The van der Waals surface area contributed by atoms with E-state index in [0.717, 1.165) is 0 Å². The molecular weight excluding hydrogens is 396 g/mol. The first-order chi connectivity index (χ1) is 14.5. The molecule has 30 heavy (non-hydrogen) atoms. The molecule has 0 bridgehead atoms. The zero-order chi connectivity index (χ0) is 21.7. The van der Waals surface area contributed by atoms with Gasteiger partial charge >= 0.3 is 5.97 Å². The normalized spacial score (nSPS) is 11.6. The minimum absolute atomic E-state index is 0.0211. The Morgan fingerprint density at radius 2 is 1.97 bits per heavy atom. The molecule has 1 atom stereocenters. The number of carbonyl (C=O) groups excluding carboxylic acids is 2. The van der Waals surface area contributed by atoms with Crippen LogP contribution >= 0.6 is 0 Å². The molecule has 3 rings (SSSR count). The van der Waals surface area contributed by atoms with Crippen LogP contribution < -0.4 is 14.8 Å². The van der Waals surface area contributed by atoms with Gasteiger partial charge < -0.3 is 29.1 Å². The molecular formula is C19H20N4O7. The van der Waals surface area contributed by atoms with Gasteiger partial charge in [-0.05, 0) is 12.1 Å². The van der Waals surface area contributed by atoms with E-state index < -0.39 is 18.0 Å². The smallest absolute Gasteiger partial charge is 0.340 e. The minimum Gasteiger partial charge on any atom is -0.493 e. The number of aliphatic hydroxyl groups is 1. The number of aromatic nitrogens is 3. The van der Waals surface area contributed by atoms with Crippen LogP contribution in [0.1, 0.15) is 32.7 Å². The summed E-state index contributed by atoms with van der Waals surface area (Å²) in [7, 11) is 4.07. The molecule has 2 heterocycles. The molecule has 0 aliphatic rings. The summed E-state index contributed by atoms with van der Waals surface area (Å²) in [5.74, 6) is -0.313. The standard InChI is InChI=1S/C19H20N4O7/c1-27-16-7-11(19(26)29-3)12(8-17(16)28-2)20-18(25)13-9-23(22-21-13)10-14(24)15-5-4-6-30-15/h4-9,14,24H,10H2,1-3H3,(H,20,25)/t14-/m1/s1. The molecule has 1 aromatic carbocycles. The maximum absolute atomic E-state index is 12.6. The number of methoxy groups -OCH3 is 3. The van der Waals surface area contributed by atoms with E-state index in [9.17, 15) is 14.7 Å². The molecule has 158 valence electrons. The predicted octanol–water partition coefficient (Wildman–Crippen LogP) is 1.66. The number of nitrogens with zero attached hydrogens (tertiary/aromatic N) is 3. The van der Waals surface area contributed by atoms with E-state index in [1.165, 1.54) is 50.6 Å². The highest BCUT2D eigenvalue weighted by Gasteiger charge is 2.21. The van der Waals surface area contributed by atoms with Crippen LogP contribution in [0.5, 0.6) is 11.5 Å². The lowest BCUT2D eigenvalue weighted by Crippen LogP contribution is -2.16. The number of ether oxygens (including phenoxy) is 3. The van der Waals surface area contributed by atoms with E-state index in [0.29, 0.717) is 17.3 Å². The van der Waals surface area contributed by atoms with Crippen molar-refractivity contribution in [1.29, 1.82) is 0 Å². The van der Waals surface area contributed by atoms with Gasteiger partial charge in [-0.1, -0.05) is 5.21 Å². The van der Waals surface area contributed by atoms with Gasteiger partial charge in [-0.15, -0.1) is 5.10 Å². The number of furan rings is 1. The van der Waals surface area contributed by atoms with Gasteiger partial charge in [0.25, 0.3) is 5.91 Å². The number of esters is 1. The lowest BCUT2D eigenvalue weighted by molar-refractivity contribution is 0.0601. The van der Waals surface area contributed by atoms with E-state index in [1.54, 1.807) is 12.1 Å². The fourth-order valence-electron chi connectivity index (χ4n) is 2.69. The third-order valence-electron chi connectivity index (χ3n) is 4.18. The Morgan fingerprint density at radius 1 is 1.23 bits per heavy atom. The number of hydrogen-bond donors (Lipinski definition) is 2. The van der Waals surface area contributed by atoms with Crippen molar-refractivity contribution in [2.45, 2.75) is 12.6 Å². The molecule has 11 nitrogen and oxygen atoms in total. The first kappa shape index (κ1) is 20.9. The Morgan fingerprint density at radius 3 is 2.60 bits per heavy atom.